The van der Waals surface area contributed by atoms with Crippen molar-refractivity contribution in [3.05, 3.63) is 87.7 Å². The first kappa shape index (κ1) is 21.0. The van der Waals surface area contributed by atoms with Crippen molar-refractivity contribution in [1.29, 1.82) is 0 Å². The molecule has 0 radical (unpaired) electrons. The summed E-state index contributed by atoms with van der Waals surface area (Å²) < 4.78 is 24.4. The van der Waals surface area contributed by atoms with E-state index in [4.69, 9.17) is 21.1 Å². The monoisotopic (exact) mass is 415 g/mol. The highest BCUT2D eigenvalue weighted by molar-refractivity contribution is 6.32. The summed E-state index contributed by atoms with van der Waals surface area (Å²) in [7, 11) is 3.13. The van der Waals surface area contributed by atoms with Crippen molar-refractivity contribution in [3.63, 3.8) is 0 Å². The summed E-state index contributed by atoms with van der Waals surface area (Å²) in [5, 5.41) is 14.5. The van der Waals surface area contributed by atoms with E-state index in [1.54, 1.807) is 31.4 Å². The highest BCUT2D eigenvalue weighted by Crippen LogP contribution is 2.37. The zero-order chi connectivity index (χ0) is 21.0. The third-order valence-electron chi connectivity index (χ3n) is 4.83. The van der Waals surface area contributed by atoms with Gasteiger partial charge in [-0.25, -0.2) is 4.39 Å². The molecule has 0 spiro atoms. The molecule has 152 valence electrons. The third kappa shape index (κ3) is 4.63. The van der Waals surface area contributed by atoms with Gasteiger partial charge in [0.15, 0.2) is 0 Å². The minimum Gasteiger partial charge on any atom is -0.497 e. The highest BCUT2D eigenvalue weighted by atomic mass is 35.5. The maximum atomic E-state index is 14.0. The number of ether oxygens (including phenoxy) is 2. The van der Waals surface area contributed by atoms with E-state index in [1.165, 1.54) is 19.2 Å². The maximum Gasteiger partial charge on any atom is 0.137 e. The molecule has 6 heteroatoms. The molecular weight excluding hydrogens is 393 g/mol. The van der Waals surface area contributed by atoms with Gasteiger partial charge >= 0.3 is 0 Å². The molecule has 4 nitrogen and oxygen atoms in total. The molecule has 0 aromatic heterocycles. The molecule has 3 aromatic carbocycles. The quantitative estimate of drug-likeness (QED) is 0.535. The Bertz CT molecular complexity index is 1010. The topological polar surface area (TPSA) is 50.7 Å². The molecule has 3 rings (SSSR count). The fourth-order valence-electron chi connectivity index (χ4n) is 3.17. The summed E-state index contributed by atoms with van der Waals surface area (Å²) in [6, 6.07) is 15.2. The van der Waals surface area contributed by atoms with E-state index in [0.717, 1.165) is 16.9 Å². The van der Waals surface area contributed by atoms with E-state index in [9.17, 15) is 9.50 Å². The third-order valence-corrected chi connectivity index (χ3v) is 5.24. The van der Waals surface area contributed by atoms with Crippen LogP contribution in [0.2, 0.25) is 5.02 Å². The van der Waals surface area contributed by atoms with Crippen molar-refractivity contribution in [3.8, 4) is 11.5 Å². The summed E-state index contributed by atoms with van der Waals surface area (Å²) in [5.74, 6) is 0.795. The number of methoxy groups -OCH3 is 2. The normalized spacial score (nSPS) is 11.8. The fourth-order valence-corrected chi connectivity index (χ4v) is 3.48. The lowest BCUT2D eigenvalue weighted by Gasteiger charge is -2.20. The molecule has 0 amide bonds. The molecule has 0 aliphatic rings. The van der Waals surface area contributed by atoms with Crippen LogP contribution in [0.1, 0.15) is 28.4 Å². The maximum absolute atomic E-state index is 14.0. The van der Waals surface area contributed by atoms with Gasteiger partial charge in [-0.1, -0.05) is 29.8 Å². The van der Waals surface area contributed by atoms with Crippen molar-refractivity contribution >= 4 is 17.3 Å². The number of benzene rings is 3. The lowest BCUT2D eigenvalue weighted by molar-refractivity contribution is 0.220. The number of halogens is 2. The van der Waals surface area contributed by atoms with Crippen LogP contribution in [0.5, 0.6) is 11.5 Å². The van der Waals surface area contributed by atoms with Crippen LogP contribution >= 0.6 is 11.6 Å². The number of aryl methyl sites for hydroxylation is 1. The molecule has 0 aliphatic carbocycles. The van der Waals surface area contributed by atoms with Crippen molar-refractivity contribution in [2.75, 3.05) is 19.5 Å². The lowest BCUT2D eigenvalue weighted by Crippen LogP contribution is -2.09. The molecule has 0 heterocycles. The fraction of sp³-hybridized carbons (Fsp3) is 0.217. The van der Waals surface area contributed by atoms with Crippen LogP contribution < -0.4 is 14.8 Å². The van der Waals surface area contributed by atoms with Gasteiger partial charge in [0.05, 0.1) is 19.2 Å². The molecule has 0 bridgehead atoms. The van der Waals surface area contributed by atoms with Crippen LogP contribution in [0, 0.1) is 12.7 Å². The van der Waals surface area contributed by atoms with Gasteiger partial charge in [0.2, 0.25) is 0 Å². The van der Waals surface area contributed by atoms with Gasteiger partial charge in [0, 0.05) is 23.4 Å². The van der Waals surface area contributed by atoms with E-state index in [2.05, 4.69) is 5.32 Å². The van der Waals surface area contributed by atoms with E-state index < -0.39 is 11.9 Å². The minimum atomic E-state index is -1.12. The summed E-state index contributed by atoms with van der Waals surface area (Å²) in [5.41, 5.74) is 3.59. The predicted molar refractivity (Wildman–Crippen MR) is 114 cm³/mol. The average Bonchev–Trinajstić information content (AvgIpc) is 2.73. The van der Waals surface area contributed by atoms with E-state index in [-0.39, 0.29) is 0 Å². The second-order valence-electron chi connectivity index (χ2n) is 6.64. The molecule has 0 saturated carbocycles. The summed E-state index contributed by atoms with van der Waals surface area (Å²) in [6.45, 7) is 2.50. The predicted octanol–water partition coefficient (Wildman–Crippen LogP) is 5.50. The van der Waals surface area contributed by atoms with Gasteiger partial charge < -0.3 is 19.9 Å². The highest BCUT2D eigenvalue weighted by Gasteiger charge is 2.20. The Labute approximate surface area is 174 Å². The van der Waals surface area contributed by atoms with Crippen molar-refractivity contribution in [2.45, 2.75) is 19.6 Å². The number of hydrogen-bond donors (Lipinski definition) is 2. The molecule has 0 saturated heterocycles. The number of aliphatic hydroxyl groups excluding tert-OH is 1. The number of nitrogens with one attached hydrogen (secondary N) is 1. The summed E-state index contributed by atoms with van der Waals surface area (Å²) >= 11 is 6.36. The number of rotatable bonds is 7. The molecule has 1 atom stereocenters. The smallest absolute Gasteiger partial charge is 0.137 e. The van der Waals surface area contributed by atoms with Gasteiger partial charge in [-0.3, -0.25) is 0 Å². The largest absolute Gasteiger partial charge is 0.497 e. The van der Waals surface area contributed by atoms with E-state index >= 15 is 0 Å². The molecular formula is C23H23ClFNO3. The van der Waals surface area contributed by atoms with Gasteiger partial charge in [-0.15, -0.1) is 0 Å². The van der Waals surface area contributed by atoms with Gasteiger partial charge in [0.1, 0.15) is 23.4 Å². The molecule has 3 aromatic rings. The molecule has 0 fully saturated rings. The second kappa shape index (κ2) is 9.16. The molecule has 1 unspecified atom stereocenters. The van der Waals surface area contributed by atoms with E-state index in [0.29, 0.717) is 34.1 Å². The Morgan fingerprint density at radius 1 is 1.03 bits per heavy atom. The Morgan fingerprint density at radius 2 is 1.83 bits per heavy atom. The summed E-state index contributed by atoms with van der Waals surface area (Å²) in [6.07, 6.45) is -1.12. The zero-order valence-electron chi connectivity index (χ0n) is 16.5. The van der Waals surface area contributed by atoms with Crippen molar-refractivity contribution in [2.24, 2.45) is 0 Å². The van der Waals surface area contributed by atoms with E-state index in [1.807, 2.05) is 25.1 Å². The first-order chi connectivity index (χ1) is 13.9. The molecule has 29 heavy (non-hydrogen) atoms. The van der Waals surface area contributed by atoms with Gasteiger partial charge in [0.25, 0.3) is 0 Å². The van der Waals surface area contributed by atoms with Gasteiger partial charge in [-0.05, 0) is 54.4 Å². The molecule has 2 N–H and O–H groups in total. The second-order valence-corrected chi connectivity index (χ2v) is 7.02. The van der Waals surface area contributed by atoms with Crippen LogP contribution in [0.3, 0.4) is 0 Å². The van der Waals surface area contributed by atoms with Crippen LogP contribution in [0.25, 0.3) is 0 Å². The number of anilines is 1. The zero-order valence-corrected chi connectivity index (χ0v) is 17.3. The number of aliphatic hydroxyl groups is 1. The standard InChI is InChI=1S/C23H23ClFNO3/c1-14-11-17(28-2)9-7-15(14)13-26-20-10-8-16(25)12-19(20)23(27)18-5-4-6-21(29-3)22(18)24/h4-12,23,26-27H,13H2,1-3H3. The Kier molecular flexibility index (Phi) is 6.62. The number of hydrogen-bond acceptors (Lipinski definition) is 4. The first-order valence-corrected chi connectivity index (χ1v) is 9.49. The lowest BCUT2D eigenvalue weighted by atomic mass is 9.99. The SMILES string of the molecule is COc1ccc(CNc2ccc(F)cc2C(O)c2cccc(OC)c2Cl)c(C)c1. The minimum absolute atomic E-state index is 0.295. The van der Waals surface area contributed by atoms with Crippen LogP contribution in [-0.2, 0) is 6.54 Å². The van der Waals surface area contributed by atoms with Crippen LogP contribution in [0.15, 0.2) is 54.6 Å². The van der Waals surface area contributed by atoms with Crippen molar-refractivity contribution < 1.29 is 19.0 Å². The van der Waals surface area contributed by atoms with Crippen LogP contribution in [-0.4, -0.2) is 19.3 Å². The Balaban J connectivity index is 1.90. The Hall–Kier alpha value is -2.76. The van der Waals surface area contributed by atoms with Gasteiger partial charge in [-0.2, -0.15) is 0 Å². The Morgan fingerprint density at radius 3 is 2.52 bits per heavy atom. The first-order valence-electron chi connectivity index (χ1n) is 9.12. The van der Waals surface area contributed by atoms with Crippen molar-refractivity contribution in [1.82, 2.24) is 0 Å². The summed E-state index contributed by atoms with van der Waals surface area (Å²) in [4.78, 5) is 0. The average molecular weight is 416 g/mol. The van der Waals surface area contributed by atoms with Crippen LogP contribution in [0.4, 0.5) is 10.1 Å². The molecule has 0 aliphatic heterocycles.